The maximum atomic E-state index is 3.76. The van der Waals surface area contributed by atoms with Crippen molar-refractivity contribution in [3.05, 3.63) is 29.8 Å². The third-order valence-corrected chi connectivity index (χ3v) is 4.14. The van der Waals surface area contributed by atoms with Crippen molar-refractivity contribution in [1.29, 1.82) is 0 Å². The predicted molar refractivity (Wildman–Crippen MR) is 77.3 cm³/mol. The van der Waals surface area contributed by atoms with Crippen molar-refractivity contribution < 1.29 is 0 Å². The smallest absolute Gasteiger partial charge is 0.0401 e. The van der Waals surface area contributed by atoms with Gasteiger partial charge in [0, 0.05) is 30.9 Å². The number of para-hydroxylation sites is 1. The summed E-state index contributed by atoms with van der Waals surface area (Å²) in [5.74, 6) is 0.608. The first-order valence-corrected chi connectivity index (χ1v) is 7.34. The van der Waals surface area contributed by atoms with Crippen LogP contribution >= 0.6 is 0 Å². The molecule has 98 valence electrons. The first-order valence-electron chi connectivity index (χ1n) is 7.34. The molecule has 18 heavy (non-hydrogen) atoms. The van der Waals surface area contributed by atoms with Gasteiger partial charge in [0.15, 0.2) is 0 Å². The third kappa shape index (κ3) is 2.54. The van der Waals surface area contributed by atoms with E-state index in [1.54, 1.807) is 0 Å². The number of nitrogens with zero attached hydrogens (tertiary/aromatic N) is 1. The molecular weight excluding hydrogens is 220 g/mol. The molecule has 2 fully saturated rings. The van der Waals surface area contributed by atoms with Gasteiger partial charge >= 0.3 is 0 Å². The van der Waals surface area contributed by atoms with Gasteiger partial charge in [-0.1, -0.05) is 32.0 Å². The van der Waals surface area contributed by atoms with E-state index in [-0.39, 0.29) is 0 Å². The van der Waals surface area contributed by atoms with Crippen molar-refractivity contribution in [3.63, 3.8) is 0 Å². The van der Waals surface area contributed by atoms with E-state index >= 15 is 0 Å². The van der Waals surface area contributed by atoms with Crippen LogP contribution in [0.2, 0.25) is 0 Å². The van der Waals surface area contributed by atoms with Crippen LogP contribution in [0.3, 0.4) is 0 Å². The molecule has 1 N–H and O–H groups in total. The molecule has 0 bridgehead atoms. The first-order chi connectivity index (χ1) is 8.74. The summed E-state index contributed by atoms with van der Waals surface area (Å²) in [5.41, 5.74) is 2.94. The molecule has 1 heterocycles. The molecule has 0 radical (unpaired) electrons. The number of nitrogens with one attached hydrogen (secondary N) is 1. The highest BCUT2D eigenvalue weighted by Gasteiger charge is 2.29. The Kier molecular flexibility index (Phi) is 3.29. The fourth-order valence-corrected chi connectivity index (χ4v) is 2.96. The Hall–Kier alpha value is -1.02. The molecule has 1 aliphatic carbocycles. The van der Waals surface area contributed by atoms with Crippen LogP contribution in [-0.4, -0.2) is 25.2 Å². The highest BCUT2D eigenvalue weighted by Crippen LogP contribution is 2.30. The summed E-state index contributed by atoms with van der Waals surface area (Å²) in [5, 5.41) is 3.76. The summed E-state index contributed by atoms with van der Waals surface area (Å²) >= 11 is 0. The van der Waals surface area contributed by atoms with Crippen LogP contribution < -0.4 is 10.2 Å². The number of hydrogen-bond acceptors (Lipinski definition) is 2. The molecule has 0 amide bonds. The van der Waals surface area contributed by atoms with Gasteiger partial charge in [0.2, 0.25) is 0 Å². The van der Waals surface area contributed by atoms with Crippen LogP contribution in [0.15, 0.2) is 24.3 Å². The average Bonchev–Trinajstić information content (AvgIpc) is 3.05. The largest absolute Gasteiger partial charge is 0.370 e. The lowest BCUT2D eigenvalue weighted by atomic mass is 10.0. The zero-order chi connectivity index (χ0) is 12.5. The van der Waals surface area contributed by atoms with Crippen LogP contribution in [0.5, 0.6) is 0 Å². The summed E-state index contributed by atoms with van der Waals surface area (Å²) in [4.78, 5) is 2.56. The highest BCUT2D eigenvalue weighted by atomic mass is 15.2. The minimum absolute atomic E-state index is 0.608. The standard InChI is InChI=1S/C16H24N2/c1-12(2)15-5-3-4-6-16(15)18-10-9-14(11-18)17-13-7-8-13/h3-6,12-14,17H,7-11H2,1-2H3. The van der Waals surface area contributed by atoms with Crippen molar-refractivity contribution in [2.24, 2.45) is 0 Å². The fraction of sp³-hybridized carbons (Fsp3) is 0.625. The molecule has 1 unspecified atom stereocenters. The van der Waals surface area contributed by atoms with Crippen LogP contribution in [0.4, 0.5) is 5.69 Å². The minimum Gasteiger partial charge on any atom is -0.370 e. The van der Waals surface area contributed by atoms with E-state index in [9.17, 15) is 0 Å². The molecule has 2 heteroatoms. The highest BCUT2D eigenvalue weighted by molar-refractivity contribution is 5.55. The van der Waals surface area contributed by atoms with Crippen LogP contribution in [0, 0.1) is 0 Å². The van der Waals surface area contributed by atoms with Gasteiger partial charge in [-0.05, 0) is 36.8 Å². The minimum atomic E-state index is 0.608. The lowest BCUT2D eigenvalue weighted by Crippen LogP contribution is -2.34. The molecule has 1 aromatic rings. The average molecular weight is 244 g/mol. The topological polar surface area (TPSA) is 15.3 Å². The first kappa shape index (κ1) is 12.0. The van der Waals surface area contributed by atoms with E-state index in [0.717, 1.165) is 6.04 Å². The second kappa shape index (κ2) is 4.93. The predicted octanol–water partition coefficient (Wildman–Crippen LogP) is 3.14. The molecule has 2 aliphatic rings. The van der Waals surface area contributed by atoms with Crippen molar-refractivity contribution in [3.8, 4) is 0 Å². The Morgan fingerprint density at radius 2 is 1.89 bits per heavy atom. The van der Waals surface area contributed by atoms with Gasteiger partial charge in [-0.3, -0.25) is 0 Å². The fourth-order valence-electron chi connectivity index (χ4n) is 2.96. The van der Waals surface area contributed by atoms with Crippen molar-refractivity contribution >= 4 is 5.69 Å². The number of hydrogen-bond donors (Lipinski definition) is 1. The van der Waals surface area contributed by atoms with E-state index in [2.05, 4.69) is 48.3 Å². The molecule has 2 nitrogen and oxygen atoms in total. The van der Waals surface area contributed by atoms with Gasteiger partial charge in [0.1, 0.15) is 0 Å². The molecule has 0 aromatic heterocycles. The van der Waals surface area contributed by atoms with Crippen molar-refractivity contribution in [2.45, 2.75) is 51.1 Å². The zero-order valence-corrected chi connectivity index (χ0v) is 11.5. The molecule has 1 saturated heterocycles. The maximum Gasteiger partial charge on any atom is 0.0401 e. The number of benzene rings is 1. The Balaban J connectivity index is 1.71. The van der Waals surface area contributed by atoms with E-state index in [1.807, 2.05) is 0 Å². The second-order valence-electron chi connectivity index (χ2n) is 6.09. The van der Waals surface area contributed by atoms with Crippen LogP contribution in [-0.2, 0) is 0 Å². The van der Waals surface area contributed by atoms with Crippen LogP contribution in [0.1, 0.15) is 44.6 Å². The summed E-state index contributed by atoms with van der Waals surface area (Å²) < 4.78 is 0. The summed E-state index contributed by atoms with van der Waals surface area (Å²) in [6, 6.07) is 10.4. The third-order valence-electron chi connectivity index (χ3n) is 4.14. The molecule has 3 rings (SSSR count). The zero-order valence-electron chi connectivity index (χ0n) is 11.5. The van der Waals surface area contributed by atoms with Crippen molar-refractivity contribution in [1.82, 2.24) is 5.32 Å². The van der Waals surface area contributed by atoms with Gasteiger partial charge in [0.05, 0.1) is 0 Å². The van der Waals surface area contributed by atoms with E-state index < -0.39 is 0 Å². The summed E-state index contributed by atoms with van der Waals surface area (Å²) in [6.07, 6.45) is 4.07. The molecule has 1 aromatic carbocycles. The molecular formula is C16H24N2. The van der Waals surface area contributed by atoms with Gasteiger partial charge in [-0.15, -0.1) is 0 Å². The van der Waals surface area contributed by atoms with E-state index in [4.69, 9.17) is 0 Å². The van der Waals surface area contributed by atoms with Gasteiger partial charge < -0.3 is 10.2 Å². The number of anilines is 1. The molecule has 0 spiro atoms. The Morgan fingerprint density at radius 1 is 1.11 bits per heavy atom. The molecule has 1 aliphatic heterocycles. The van der Waals surface area contributed by atoms with Gasteiger partial charge in [0.25, 0.3) is 0 Å². The summed E-state index contributed by atoms with van der Waals surface area (Å²) in [6.45, 7) is 6.96. The lowest BCUT2D eigenvalue weighted by molar-refractivity contribution is 0.548. The second-order valence-corrected chi connectivity index (χ2v) is 6.09. The Morgan fingerprint density at radius 3 is 2.61 bits per heavy atom. The quantitative estimate of drug-likeness (QED) is 0.875. The SMILES string of the molecule is CC(C)c1ccccc1N1CCC(NC2CC2)C1. The Labute approximate surface area is 110 Å². The van der Waals surface area contributed by atoms with Crippen molar-refractivity contribution in [2.75, 3.05) is 18.0 Å². The van der Waals surface area contributed by atoms with E-state index in [1.165, 1.54) is 43.6 Å². The molecule has 1 saturated carbocycles. The Bertz CT molecular complexity index is 409. The normalized spacial score (nSPS) is 23.9. The van der Waals surface area contributed by atoms with Crippen LogP contribution in [0.25, 0.3) is 0 Å². The number of rotatable bonds is 4. The summed E-state index contributed by atoms with van der Waals surface area (Å²) in [7, 11) is 0. The lowest BCUT2D eigenvalue weighted by Gasteiger charge is -2.24. The maximum absolute atomic E-state index is 3.76. The molecule has 1 atom stereocenters. The van der Waals surface area contributed by atoms with Gasteiger partial charge in [-0.25, -0.2) is 0 Å². The van der Waals surface area contributed by atoms with E-state index in [0.29, 0.717) is 12.0 Å². The monoisotopic (exact) mass is 244 g/mol. The van der Waals surface area contributed by atoms with Gasteiger partial charge in [-0.2, -0.15) is 0 Å².